The first kappa shape index (κ1) is 17.4. The molecule has 0 saturated carbocycles. The van der Waals surface area contributed by atoms with Crippen LogP contribution in [0.1, 0.15) is 21.9 Å². The molecule has 0 bridgehead atoms. The summed E-state index contributed by atoms with van der Waals surface area (Å²) in [6.45, 7) is 6.62. The number of rotatable bonds is 5. The lowest BCUT2D eigenvalue weighted by Crippen LogP contribution is -3.13. The van der Waals surface area contributed by atoms with Gasteiger partial charge in [0.15, 0.2) is 5.76 Å². The Bertz CT molecular complexity index is 716. The second-order valence-electron chi connectivity index (χ2n) is 6.29. The predicted molar refractivity (Wildman–Crippen MR) is 94.4 cm³/mol. The van der Waals surface area contributed by atoms with Gasteiger partial charge in [-0.25, -0.2) is 4.79 Å². The summed E-state index contributed by atoms with van der Waals surface area (Å²) in [5, 5.41) is 0. The van der Waals surface area contributed by atoms with E-state index in [4.69, 9.17) is 13.9 Å². The predicted octanol–water partition coefficient (Wildman–Crippen LogP) is 1.29. The summed E-state index contributed by atoms with van der Waals surface area (Å²) < 4.78 is 15.7. The molecule has 1 aliphatic heterocycles. The van der Waals surface area contributed by atoms with E-state index in [2.05, 4.69) is 17.0 Å². The lowest BCUT2D eigenvalue weighted by atomic mass is 10.2. The van der Waals surface area contributed by atoms with Crippen LogP contribution in [0.5, 0.6) is 5.75 Å². The summed E-state index contributed by atoms with van der Waals surface area (Å²) in [6, 6.07) is 10.00. The SMILES string of the molecule is COC(=O)c1cc(C[NH+]2CCN(c3ccc(OC)cc3)CC2)oc1C. The second kappa shape index (κ2) is 7.61. The first-order valence-corrected chi connectivity index (χ1v) is 8.51. The van der Waals surface area contributed by atoms with Crippen LogP contribution in [0.4, 0.5) is 5.69 Å². The van der Waals surface area contributed by atoms with Crippen molar-refractivity contribution in [3.63, 3.8) is 0 Å². The number of methoxy groups -OCH3 is 2. The number of piperazine rings is 1. The van der Waals surface area contributed by atoms with Gasteiger partial charge >= 0.3 is 5.97 Å². The molecule has 2 aromatic rings. The zero-order chi connectivity index (χ0) is 17.8. The molecule has 0 radical (unpaired) electrons. The van der Waals surface area contributed by atoms with E-state index in [0.29, 0.717) is 11.3 Å². The number of ether oxygens (including phenoxy) is 2. The number of esters is 1. The molecule has 1 aromatic carbocycles. The third-order valence-corrected chi connectivity index (χ3v) is 4.71. The summed E-state index contributed by atoms with van der Waals surface area (Å²) in [6.07, 6.45) is 0. The molecule has 0 atom stereocenters. The van der Waals surface area contributed by atoms with Gasteiger partial charge in [0, 0.05) is 11.8 Å². The quantitative estimate of drug-likeness (QED) is 0.828. The molecule has 0 spiro atoms. The second-order valence-corrected chi connectivity index (χ2v) is 6.29. The summed E-state index contributed by atoms with van der Waals surface area (Å²) >= 11 is 0. The van der Waals surface area contributed by atoms with Gasteiger partial charge in [-0.05, 0) is 31.2 Å². The number of hydrogen-bond donors (Lipinski definition) is 1. The van der Waals surface area contributed by atoms with Gasteiger partial charge in [0.25, 0.3) is 0 Å². The molecule has 3 rings (SSSR count). The standard InChI is InChI=1S/C19H24N2O4/c1-14-18(19(22)24-3)12-17(25-14)13-20-8-10-21(11-9-20)15-4-6-16(23-2)7-5-15/h4-7,12H,8-11,13H2,1-3H3/p+1. The molecule has 0 aliphatic carbocycles. The highest BCUT2D eigenvalue weighted by Gasteiger charge is 2.23. The maximum absolute atomic E-state index is 11.7. The van der Waals surface area contributed by atoms with Crippen molar-refractivity contribution in [2.75, 3.05) is 45.3 Å². The Kier molecular flexibility index (Phi) is 5.28. The number of furan rings is 1. The molecular weight excluding hydrogens is 320 g/mol. The zero-order valence-electron chi connectivity index (χ0n) is 15.0. The van der Waals surface area contributed by atoms with Crippen LogP contribution in [-0.2, 0) is 11.3 Å². The lowest BCUT2D eigenvalue weighted by molar-refractivity contribution is -0.915. The maximum atomic E-state index is 11.7. The molecule has 1 saturated heterocycles. The van der Waals surface area contributed by atoms with Crippen molar-refractivity contribution in [3.05, 3.63) is 47.4 Å². The van der Waals surface area contributed by atoms with Crippen LogP contribution in [-0.4, -0.2) is 46.4 Å². The van der Waals surface area contributed by atoms with Crippen molar-refractivity contribution in [1.82, 2.24) is 0 Å². The molecular formula is C19H25N2O4+. The number of carbonyl (C=O) groups excluding carboxylic acids is 1. The molecule has 1 aromatic heterocycles. The van der Waals surface area contributed by atoms with Crippen LogP contribution >= 0.6 is 0 Å². The minimum Gasteiger partial charge on any atom is -0.497 e. The van der Waals surface area contributed by atoms with Crippen molar-refractivity contribution >= 4 is 11.7 Å². The van der Waals surface area contributed by atoms with E-state index < -0.39 is 0 Å². The van der Waals surface area contributed by atoms with Crippen LogP contribution < -0.4 is 14.5 Å². The van der Waals surface area contributed by atoms with Gasteiger partial charge < -0.3 is 23.7 Å². The van der Waals surface area contributed by atoms with Crippen molar-refractivity contribution in [2.45, 2.75) is 13.5 Å². The summed E-state index contributed by atoms with van der Waals surface area (Å²) in [4.78, 5) is 15.5. The van der Waals surface area contributed by atoms with Crippen LogP contribution in [0.2, 0.25) is 0 Å². The molecule has 1 fully saturated rings. The molecule has 2 heterocycles. The fourth-order valence-corrected chi connectivity index (χ4v) is 3.24. The monoisotopic (exact) mass is 345 g/mol. The van der Waals surface area contributed by atoms with E-state index in [1.165, 1.54) is 17.7 Å². The highest BCUT2D eigenvalue weighted by molar-refractivity contribution is 5.90. The van der Waals surface area contributed by atoms with E-state index in [0.717, 1.165) is 44.2 Å². The number of aryl methyl sites for hydroxylation is 1. The Morgan fingerprint density at radius 3 is 2.48 bits per heavy atom. The summed E-state index contributed by atoms with van der Waals surface area (Å²) in [5.41, 5.74) is 1.75. The molecule has 6 nitrogen and oxygen atoms in total. The van der Waals surface area contributed by atoms with Crippen molar-refractivity contribution in [2.24, 2.45) is 0 Å². The number of benzene rings is 1. The Labute approximate surface area is 147 Å². The van der Waals surface area contributed by atoms with Gasteiger partial charge in [-0.15, -0.1) is 0 Å². The number of nitrogens with zero attached hydrogens (tertiary/aromatic N) is 1. The fraction of sp³-hybridized carbons (Fsp3) is 0.421. The van der Waals surface area contributed by atoms with E-state index in [9.17, 15) is 4.79 Å². The summed E-state index contributed by atoms with van der Waals surface area (Å²) in [7, 11) is 3.07. The number of nitrogens with one attached hydrogen (secondary N) is 1. The average molecular weight is 345 g/mol. The van der Waals surface area contributed by atoms with Crippen molar-refractivity contribution in [1.29, 1.82) is 0 Å². The minimum absolute atomic E-state index is 0.341. The minimum atomic E-state index is -0.341. The first-order chi connectivity index (χ1) is 12.1. The molecule has 1 N–H and O–H groups in total. The van der Waals surface area contributed by atoms with Crippen LogP contribution in [0, 0.1) is 6.92 Å². The van der Waals surface area contributed by atoms with Gasteiger partial charge in [-0.3, -0.25) is 0 Å². The summed E-state index contributed by atoms with van der Waals surface area (Å²) in [5.74, 6) is 2.00. The number of anilines is 1. The van der Waals surface area contributed by atoms with Gasteiger partial charge in [0.1, 0.15) is 23.6 Å². The van der Waals surface area contributed by atoms with Gasteiger partial charge in [0.2, 0.25) is 0 Å². The van der Waals surface area contributed by atoms with Gasteiger partial charge in [-0.2, -0.15) is 0 Å². The third kappa shape index (κ3) is 3.96. The molecule has 6 heteroatoms. The number of carbonyl (C=O) groups is 1. The normalized spacial score (nSPS) is 15.2. The number of quaternary nitrogens is 1. The van der Waals surface area contributed by atoms with Crippen LogP contribution in [0.15, 0.2) is 34.7 Å². The Balaban J connectivity index is 1.56. The topological polar surface area (TPSA) is 56.4 Å². The van der Waals surface area contributed by atoms with Gasteiger partial charge in [-0.1, -0.05) is 0 Å². The van der Waals surface area contributed by atoms with Crippen LogP contribution in [0.3, 0.4) is 0 Å². The van der Waals surface area contributed by atoms with Gasteiger partial charge in [0.05, 0.1) is 40.4 Å². The molecule has 0 unspecified atom stereocenters. The molecule has 0 amide bonds. The lowest BCUT2D eigenvalue weighted by Gasteiger charge is -2.33. The zero-order valence-corrected chi connectivity index (χ0v) is 15.0. The molecule has 25 heavy (non-hydrogen) atoms. The molecule has 134 valence electrons. The maximum Gasteiger partial charge on any atom is 0.341 e. The van der Waals surface area contributed by atoms with E-state index >= 15 is 0 Å². The molecule has 1 aliphatic rings. The number of hydrogen-bond acceptors (Lipinski definition) is 5. The Morgan fingerprint density at radius 2 is 1.88 bits per heavy atom. The highest BCUT2D eigenvalue weighted by atomic mass is 16.5. The smallest absolute Gasteiger partial charge is 0.341 e. The van der Waals surface area contributed by atoms with Crippen LogP contribution in [0.25, 0.3) is 0 Å². The van der Waals surface area contributed by atoms with Crippen molar-refractivity contribution in [3.8, 4) is 5.75 Å². The van der Waals surface area contributed by atoms with E-state index in [1.807, 2.05) is 18.2 Å². The van der Waals surface area contributed by atoms with Crippen molar-refractivity contribution < 1.29 is 23.6 Å². The Hall–Kier alpha value is -2.47. The Morgan fingerprint density at radius 1 is 1.20 bits per heavy atom. The average Bonchev–Trinajstić information content (AvgIpc) is 3.02. The largest absolute Gasteiger partial charge is 0.497 e. The third-order valence-electron chi connectivity index (χ3n) is 4.71. The van der Waals surface area contributed by atoms with E-state index in [-0.39, 0.29) is 5.97 Å². The fourth-order valence-electron chi connectivity index (χ4n) is 3.24. The highest BCUT2D eigenvalue weighted by Crippen LogP contribution is 2.19. The van der Waals surface area contributed by atoms with E-state index in [1.54, 1.807) is 14.0 Å². The first-order valence-electron chi connectivity index (χ1n) is 8.51.